The molecule has 2 aromatic rings. The Hall–Kier alpha value is -1.25. The molecule has 0 saturated heterocycles. The van der Waals surface area contributed by atoms with Crippen LogP contribution in [0.2, 0.25) is 5.02 Å². The van der Waals surface area contributed by atoms with Crippen LogP contribution < -0.4 is 5.32 Å². The van der Waals surface area contributed by atoms with Crippen LogP contribution in [0.15, 0.2) is 47.1 Å². The molecule has 1 atom stereocenters. The molecule has 0 fully saturated rings. The molecule has 1 heterocycles. The molecule has 1 N–H and O–H groups in total. The number of hydrogen-bond donors (Lipinski definition) is 1. The van der Waals surface area contributed by atoms with Crippen LogP contribution in [0.3, 0.4) is 0 Å². The maximum atomic E-state index is 5.88. The molecule has 0 amide bonds. The summed E-state index contributed by atoms with van der Waals surface area (Å²) in [6, 6.07) is 12.2. The van der Waals surface area contributed by atoms with Gasteiger partial charge >= 0.3 is 0 Å². The van der Waals surface area contributed by atoms with Crippen molar-refractivity contribution >= 4 is 11.6 Å². The first-order valence-corrected chi connectivity index (χ1v) is 6.12. The van der Waals surface area contributed by atoms with Crippen LogP contribution in [0, 0.1) is 0 Å². The molecule has 90 valence electrons. The lowest BCUT2D eigenvalue weighted by molar-refractivity contribution is 0.469. The van der Waals surface area contributed by atoms with Crippen LogP contribution in [0.5, 0.6) is 0 Å². The largest absolute Gasteiger partial charge is 0.469 e. The van der Waals surface area contributed by atoms with Crippen LogP contribution in [0.25, 0.3) is 0 Å². The molecule has 0 aliphatic rings. The Morgan fingerprint density at radius 1 is 1.24 bits per heavy atom. The van der Waals surface area contributed by atoms with Crippen molar-refractivity contribution in [3.8, 4) is 0 Å². The lowest BCUT2D eigenvalue weighted by atomic mass is 10.0. The van der Waals surface area contributed by atoms with E-state index in [1.54, 1.807) is 6.26 Å². The third-order valence-electron chi connectivity index (χ3n) is 2.88. The van der Waals surface area contributed by atoms with Crippen molar-refractivity contribution in [2.75, 3.05) is 7.05 Å². The van der Waals surface area contributed by atoms with E-state index in [0.29, 0.717) is 6.04 Å². The Balaban J connectivity index is 1.99. The van der Waals surface area contributed by atoms with Crippen LogP contribution in [-0.2, 0) is 6.42 Å². The zero-order valence-electron chi connectivity index (χ0n) is 9.82. The quantitative estimate of drug-likeness (QED) is 0.871. The first kappa shape index (κ1) is 12.2. The van der Waals surface area contributed by atoms with Crippen LogP contribution in [0.1, 0.15) is 23.8 Å². The van der Waals surface area contributed by atoms with Crippen LogP contribution >= 0.6 is 11.6 Å². The minimum absolute atomic E-state index is 0.331. The lowest BCUT2D eigenvalue weighted by Gasteiger charge is -2.16. The number of hydrogen-bond acceptors (Lipinski definition) is 2. The molecule has 0 aliphatic carbocycles. The van der Waals surface area contributed by atoms with Gasteiger partial charge in [0.25, 0.3) is 0 Å². The zero-order valence-corrected chi connectivity index (χ0v) is 10.6. The highest BCUT2D eigenvalue weighted by atomic mass is 35.5. The molecule has 17 heavy (non-hydrogen) atoms. The Labute approximate surface area is 107 Å². The van der Waals surface area contributed by atoms with E-state index < -0.39 is 0 Å². The van der Waals surface area contributed by atoms with Gasteiger partial charge in [-0.25, -0.2) is 0 Å². The fourth-order valence-electron chi connectivity index (χ4n) is 1.91. The van der Waals surface area contributed by atoms with E-state index in [9.17, 15) is 0 Å². The first-order chi connectivity index (χ1) is 8.29. The summed E-state index contributed by atoms with van der Waals surface area (Å²) in [5.74, 6) is 1.03. The summed E-state index contributed by atoms with van der Waals surface area (Å²) >= 11 is 5.88. The monoisotopic (exact) mass is 249 g/mol. The molecule has 1 aromatic carbocycles. The van der Waals surface area contributed by atoms with E-state index in [4.69, 9.17) is 16.0 Å². The van der Waals surface area contributed by atoms with Gasteiger partial charge < -0.3 is 9.73 Å². The summed E-state index contributed by atoms with van der Waals surface area (Å²) in [5, 5.41) is 4.09. The van der Waals surface area contributed by atoms with Gasteiger partial charge in [-0.3, -0.25) is 0 Å². The molecule has 0 aliphatic heterocycles. The van der Waals surface area contributed by atoms with Crippen molar-refractivity contribution in [1.29, 1.82) is 0 Å². The third kappa shape index (κ3) is 3.35. The summed E-state index contributed by atoms with van der Waals surface area (Å²) < 4.78 is 5.33. The number of aryl methyl sites for hydroxylation is 1. The predicted octanol–water partition coefficient (Wildman–Crippen LogP) is 3.83. The second-order valence-electron chi connectivity index (χ2n) is 4.01. The summed E-state index contributed by atoms with van der Waals surface area (Å²) in [6.07, 6.45) is 3.65. The Kier molecular flexibility index (Phi) is 4.24. The summed E-state index contributed by atoms with van der Waals surface area (Å²) in [7, 11) is 1.97. The topological polar surface area (TPSA) is 25.2 Å². The molecule has 0 radical (unpaired) electrons. The Bertz CT molecular complexity index is 436. The van der Waals surface area contributed by atoms with Gasteiger partial charge in [0.1, 0.15) is 5.76 Å². The van der Waals surface area contributed by atoms with Gasteiger partial charge in [0.05, 0.1) is 6.26 Å². The van der Waals surface area contributed by atoms with Crippen molar-refractivity contribution in [3.63, 3.8) is 0 Å². The Morgan fingerprint density at radius 2 is 2.00 bits per heavy atom. The zero-order chi connectivity index (χ0) is 12.1. The minimum Gasteiger partial charge on any atom is -0.469 e. The molecule has 2 nitrogen and oxygen atoms in total. The van der Waals surface area contributed by atoms with Gasteiger partial charge in [-0.2, -0.15) is 0 Å². The highest BCUT2D eigenvalue weighted by Crippen LogP contribution is 2.21. The van der Waals surface area contributed by atoms with E-state index in [-0.39, 0.29) is 0 Å². The van der Waals surface area contributed by atoms with Crippen LogP contribution in [0.4, 0.5) is 0 Å². The van der Waals surface area contributed by atoms with Gasteiger partial charge in [-0.05, 0) is 43.3 Å². The lowest BCUT2D eigenvalue weighted by Crippen LogP contribution is -2.16. The van der Waals surface area contributed by atoms with Crippen LogP contribution in [-0.4, -0.2) is 7.05 Å². The fourth-order valence-corrected chi connectivity index (χ4v) is 2.04. The average Bonchev–Trinajstić information content (AvgIpc) is 2.85. The van der Waals surface area contributed by atoms with E-state index >= 15 is 0 Å². The average molecular weight is 250 g/mol. The summed E-state index contributed by atoms with van der Waals surface area (Å²) in [4.78, 5) is 0. The first-order valence-electron chi connectivity index (χ1n) is 5.74. The molecular formula is C14H16ClNO. The van der Waals surface area contributed by atoms with E-state index in [0.717, 1.165) is 23.6 Å². The van der Waals surface area contributed by atoms with Crippen molar-refractivity contribution in [1.82, 2.24) is 5.32 Å². The molecule has 3 heteroatoms. The molecule has 0 bridgehead atoms. The van der Waals surface area contributed by atoms with Gasteiger partial charge in [-0.1, -0.05) is 23.7 Å². The number of rotatable bonds is 5. The summed E-state index contributed by atoms with van der Waals surface area (Å²) in [5.41, 5.74) is 1.25. The SMILES string of the molecule is CNC(CCc1ccco1)c1ccc(Cl)cc1. The second-order valence-corrected chi connectivity index (χ2v) is 4.45. The number of benzene rings is 1. The van der Waals surface area contributed by atoms with E-state index in [2.05, 4.69) is 17.4 Å². The summed E-state index contributed by atoms with van der Waals surface area (Å²) in [6.45, 7) is 0. The second kappa shape index (κ2) is 5.89. The van der Waals surface area contributed by atoms with Crippen molar-refractivity contribution < 1.29 is 4.42 Å². The molecule has 1 unspecified atom stereocenters. The van der Waals surface area contributed by atoms with E-state index in [1.807, 2.05) is 31.3 Å². The third-order valence-corrected chi connectivity index (χ3v) is 3.13. The van der Waals surface area contributed by atoms with E-state index in [1.165, 1.54) is 5.56 Å². The van der Waals surface area contributed by atoms with Gasteiger partial charge in [-0.15, -0.1) is 0 Å². The predicted molar refractivity (Wildman–Crippen MR) is 70.3 cm³/mol. The highest BCUT2D eigenvalue weighted by Gasteiger charge is 2.09. The molecule has 2 rings (SSSR count). The number of nitrogens with one attached hydrogen (secondary N) is 1. The van der Waals surface area contributed by atoms with Gasteiger partial charge in [0, 0.05) is 17.5 Å². The highest BCUT2D eigenvalue weighted by molar-refractivity contribution is 6.30. The molecule has 1 aromatic heterocycles. The molecule has 0 saturated carbocycles. The normalized spacial score (nSPS) is 12.6. The number of halogens is 1. The van der Waals surface area contributed by atoms with Crippen molar-refractivity contribution in [3.05, 3.63) is 59.0 Å². The molecular weight excluding hydrogens is 234 g/mol. The molecule has 0 spiro atoms. The Morgan fingerprint density at radius 3 is 2.59 bits per heavy atom. The minimum atomic E-state index is 0.331. The maximum absolute atomic E-state index is 5.88. The number of furan rings is 1. The van der Waals surface area contributed by atoms with Gasteiger partial charge in [0.2, 0.25) is 0 Å². The maximum Gasteiger partial charge on any atom is 0.103 e. The van der Waals surface area contributed by atoms with Crippen molar-refractivity contribution in [2.45, 2.75) is 18.9 Å². The van der Waals surface area contributed by atoms with Gasteiger partial charge in [0.15, 0.2) is 0 Å². The standard InChI is InChI=1S/C14H16ClNO/c1-16-14(9-8-13-3-2-10-17-13)11-4-6-12(15)7-5-11/h2-7,10,14,16H,8-9H2,1H3. The van der Waals surface area contributed by atoms with Crippen molar-refractivity contribution in [2.24, 2.45) is 0 Å². The fraction of sp³-hybridized carbons (Fsp3) is 0.286. The smallest absolute Gasteiger partial charge is 0.103 e.